The molecule has 3 N–H and O–H groups in total. The van der Waals surface area contributed by atoms with Crippen LogP contribution in [0.3, 0.4) is 0 Å². The molecule has 1 aromatic carbocycles. The number of fused-ring (bicyclic) bond motifs is 12. The standard InChI is InChI=1S/C38H51NO6/c1-33(2,43)28-17-26(41)38(18-40)25-12-9-19-15-22-29-21-16-23-30(35(5,6)45-34(23,3)4)31(42)20(21)10-11-24(29)39-32(22)37(19,8)36(25,7)14-13-27(38)44-28/h10-11,18-19,23,25-28,30,39,41,43H,9,12-17H2,1-8H3/t19-,23?,25?,26+,27?,28-,30?,36-,37+,38+/m0/s1. The van der Waals surface area contributed by atoms with Gasteiger partial charge in [-0.2, -0.15) is 0 Å². The Morgan fingerprint density at radius 3 is 2.42 bits per heavy atom. The van der Waals surface area contributed by atoms with Crippen LogP contribution in [0.4, 0.5) is 0 Å². The number of nitrogens with one attached hydrogen (secondary N) is 1. The number of aliphatic hydroxyl groups excluding tert-OH is 1. The summed E-state index contributed by atoms with van der Waals surface area (Å²) in [6.45, 7) is 16.6. The molecule has 2 saturated carbocycles. The van der Waals surface area contributed by atoms with Crippen molar-refractivity contribution in [3.8, 4) is 0 Å². The molecule has 3 heterocycles. The molecule has 4 fully saturated rings. The number of rotatable bonds is 2. The lowest BCUT2D eigenvalue weighted by Crippen LogP contribution is -2.70. The molecule has 0 spiro atoms. The molecule has 2 aromatic rings. The van der Waals surface area contributed by atoms with Crippen molar-refractivity contribution in [1.82, 2.24) is 4.98 Å². The molecule has 7 nitrogen and oxygen atoms in total. The molecule has 7 heteroatoms. The van der Waals surface area contributed by atoms with E-state index >= 15 is 0 Å². The van der Waals surface area contributed by atoms with Gasteiger partial charge >= 0.3 is 0 Å². The van der Waals surface area contributed by atoms with Crippen molar-refractivity contribution >= 4 is 23.0 Å². The van der Waals surface area contributed by atoms with E-state index in [4.69, 9.17) is 9.47 Å². The summed E-state index contributed by atoms with van der Waals surface area (Å²) < 4.78 is 13.1. The van der Waals surface area contributed by atoms with Crippen LogP contribution in [-0.2, 0) is 32.5 Å². The predicted molar refractivity (Wildman–Crippen MR) is 171 cm³/mol. The predicted octanol–water partition coefficient (Wildman–Crippen LogP) is 5.84. The van der Waals surface area contributed by atoms with Gasteiger partial charge in [0.2, 0.25) is 0 Å². The topological polar surface area (TPSA) is 109 Å². The van der Waals surface area contributed by atoms with Crippen molar-refractivity contribution in [2.75, 3.05) is 0 Å². The molecule has 6 aliphatic rings. The first-order valence-corrected chi connectivity index (χ1v) is 17.4. The van der Waals surface area contributed by atoms with Crippen LogP contribution in [-0.4, -0.2) is 62.4 Å². The Balaban J connectivity index is 1.24. The quantitative estimate of drug-likeness (QED) is 0.366. The minimum atomic E-state index is -1.10. The molecule has 10 atom stereocenters. The number of aldehydes is 1. The van der Waals surface area contributed by atoms with E-state index in [0.29, 0.717) is 12.3 Å². The number of carbonyl (C=O) groups is 2. The first-order valence-electron chi connectivity index (χ1n) is 17.4. The lowest BCUT2D eigenvalue weighted by Gasteiger charge is -2.67. The van der Waals surface area contributed by atoms with Crippen molar-refractivity contribution < 1.29 is 29.3 Å². The first-order chi connectivity index (χ1) is 20.9. The summed E-state index contributed by atoms with van der Waals surface area (Å²) in [6, 6.07) is 4.15. The summed E-state index contributed by atoms with van der Waals surface area (Å²) in [6.07, 6.45) is 4.65. The van der Waals surface area contributed by atoms with E-state index < -0.39 is 40.5 Å². The van der Waals surface area contributed by atoms with Gasteiger partial charge in [0.15, 0.2) is 5.78 Å². The summed E-state index contributed by atoms with van der Waals surface area (Å²) in [5, 5.41) is 23.8. The van der Waals surface area contributed by atoms with E-state index in [1.54, 1.807) is 13.8 Å². The molecule has 2 saturated heterocycles. The van der Waals surface area contributed by atoms with Gasteiger partial charge in [0.05, 0.1) is 46.4 Å². The van der Waals surface area contributed by atoms with E-state index in [2.05, 4.69) is 52.6 Å². The number of hydrogen-bond acceptors (Lipinski definition) is 6. The molecule has 45 heavy (non-hydrogen) atoms. The van der Waals surface area contributed by atoms with E-state index in [-0.39, 0.29) is 40.8 Å². The van der Waals surface area contributed by atoms with Crippen LogP contribution in [0.2, 0.25) is 0 Å². The van der Waals surface area contributed by atoms with Gasteiger partial charge in [-0.1, -0.05) is 13.8 Å². The van der Waals surface area contributed by atoms with Gasteiger partial charge in [0.1, 0.15) is 6.29 Å². The second-order valence-corrected chi connectivity index (χ2v) is 17.8. The van der Waals surface area contributed by atoms with Gasteiger partial charge < -0.3 is 29.5 Å². The third kappa shape index (κ3) is 3.52. The normalized spacial score (nSPS) is 44.4. The van der Waals surface area contributed by atoms with Gasteiger partial charge in [-0.05, 0) is 121 Å². The molecule has 0 bridgehead atoms. The van der Waals surface area contributed by atoms with E-state index in [1.165, 1.54) is 22.2 Å². The Morgan fingerprint density at radius 1 is 1.00 bits per heavy atom. The van der Waals surface area contributed by atoms with Gasteiger partial charge in [0.25, 0.3) is 0 Å². The summed E-state index contributed by atoms with van der Waals surface area (Å²) >= 11 is 0. The lowest BCUT2D eigenvalue weighted by atomic mass is 9.39. The zero-order chi connectivity index (χ0) is 32.3. The number of Topliss-reactive ketones (excluding diaryl/α,β-unsaturated/α-hetero) is 1. The Kier molecular flexibility index (Phi) is 5.98. The van der Waals surface area contributed by atoms with E-state index in [1.807, 2.05) is 6.07 Å². The van der Waals surface area contributed by atoms with Crippen LogP contribution in [0.5, 0.6) is 0 Å². The zero-order valence-electron chi connectivity index (χ0n) is 28.3. The van der Waals surface area contributed by atoms with E-state index in [0.717, 1.165) is 49.5 Å². The molecule has 0 amide bonds. The Labute approximate surface area is 266 Å². The van der Waals surface area contributed by atoms with Crippen molar-refractivity contribution in [3.63, 3.8) is 0 Å². The number of carbonyl (C=O) groups excluding carboxylic acids is 2. The number of aromatic nitrogens is 1. The Bertz CT molecular complexity index is 1630. The molecule has 2 aliphatic heterocycles. The largest absolute Gasteiger partial charge is 0.392 e. The highest BCUT2D eigenvalue weighted by molar-refractivity contribution is 6.06. The van der Waals surface area contributed by atoms with Crippen molar-refractivity contribution in [2.24, 2.45) is 34.5 Å². The molecule has 244 valence electrons. The minimum Gasteiger partial charge on any atom is -0.392 e. The molecular formula is C38H51NO6. The van der Waals surface area contributed by atoms with Crippen LogP contribution >= 0.6 is 0 Å². The summed E-state index contributed by atoms with van der Waals surface area (Å²) in [5.74, 6) is 0.535. The second-order valence-electron chi connectivity index (χ2n) is 17.8. The van der Waals surface area contributed by atoms with Crippen LogP contribution in [0.15, 0.2) is 12.1 Å². The number of aromatic amines is 1. The number of aliphatic hydroxyl groups is 2. The zero-order valence-corrected chi connectivity index (χ0v) is 28.3. The van der Waals surface area contributed by atoms with Crippen molar-refractivity contribution in [1.29, 1.82) is 0 Å². The molecule has 8 rings (SSSR count). The average molecular weight is 618 g/mol. The third-order valence-electron chi connectivity index (χ3n) is 14.7. The van der Waals surface area contributed by atoms with Crippen LogP contribution in [0.1, 0.15) is 115 Å². The number of ketones is 1. The molecule has 4 aliphatic carbocycles. The highest BCUT2D eigenvalue weighted by atomic mass is 16.5. The fourth-order valence-electron chi connectivity index (χ4n) is 12.4. The van der Waals surface area contributed by atoms with Crippen LogP contribution in [0.25, 0.3) is 10.9 Å². The molecule has 4 unspecified atom stereocenters. The average Bonchev–Trinajstić information content (AvgIpc) is 3.52. The van der Waals surface area contributed by atoms with Crippen LogP contribution in [0, 0.1) is 34.5 Å². The summed E-state index contributed by atoms with van der Waals surface area (Å²) in [4.78, 5) is 31.4. The minimum absolute atomic E-state index is 0.0486. The Hall–Kier alpha value is -2.06. The number of hydrogen-bond donors (Lipinski definition) is 3. The fourth-order valence-corrected chi connectivity index (χ4v) is 12.4. The first kappa shape index (κ1) is 30.3. The van der Waals surface area contributed by atoms with Crippen molar-refractivity contribution in [3.05, 3.63) is 34.5 Å². The monoisotopic (exact) mass is 617 g/mol. The Morgan fingerprint density at radius 2 is 1.73 bits per heavy atom. The summed E-state index contributed by atoms with van der Waals surface area (Å²) in [5.41, 5.74) is 2.27. The van der Waals surface area contributed by atoms with Crippen molar-refractivity contribution in [2.45, 2.75) is 141 Å². The number of benzene rings is 1. The molecular weight excluding hydrogens is 566 g/mol. The smallest absolute Gasteiger partial charge is 0.169 e. The highest BCUT2D eigenvalue weighted by Crippen LogP contribution is 2.71. The third-order valence-corrected chi connectivity index (χ3v) is 14.7. The van der Waals surface area contributed by atoms with Gasteiger partial charge in [-0.25, -0.2) is 0 Å². The van der Waals surface area contributed by atoms with Gasteiger partial charge in [-0.15, -0.1) is 0 Å². The van der Waals surface area contributed by atoms with Crippen LogP contribution < -0.4 is 0 Å². The highest BCUT2D eigenvalue weighted by Gasteiger charge is 2.71. The number of H-pyrrole nitrogens is 1. The SMILES string of the molecule is CC1(C)OC(C)(C)C2C(=O)c3ccc4[nH]c5c(c4c3CC21)C[C@@H]1CCC2[C@@]3(C=O)C(CC[C@]2(C)[C@@]51C)O[C@H](C(C)(C)O)C[C@H]3O. The maximum absolute atomic E-state index is 14.2. The second kappa shape index (κ2) is 8.89. The fraction of sp³-hybridized carbons (Fsp3) is 0.737. The maximum Gasteiger partial charge on any atom is 0.169 e. The maximum atomic E-state index is 14.2. The lowest BCUT2D eigenvalue weighted by molar-refractivity contribution is -0.271. The molecule has 0 radical (unpaired) electrons. The summed E-state index contributed by atoms with van der Waals surface area (Å²) in [7, 11) is 0. The number of ether oxygens (including phenoxy) is 2. The van der Waals surface area contributed by atoms with E-state index in [9.17, 15) is 19.8 Å². The van der Waals surface area contributed by atoms with Gasteiger partial charge in [0, 0.05) is 39.9 Å². The molecule has 1 aromatic heterocycles. The van der Waals surface area contributed by atoms with Gasteiger partial charge in [-0.3, -0.25) is 4.79 Å².